The zero-order valence-corrected chi connectivity index (χ0v) is 23.4. The van der Waals surface area contributed by atoms with Gasteiger partial charge in [0.25, 0.3) is 0 Å². The number of aromatic nitrogens is 2. The molecule has 4 nitrogen and oxygen atoms in total. The molecule has 4 aromatic carbocycles. The lowest BCUT2D eigenvalue weighted by atomic mass is 9.88. The van der Waals surface area contributed by atoms with Crippen molar-refractivity contribution in [2.24, 2.45) is 0 Å². The third-order valence-corrected chi connectivity index (χ3v) is 8.21. The van der Waals surface area contributed by atoms with Gasteiger partial charge in [-0.3, -0.25) is 9.97 Å². The number of allylic oxidation sites excluding steroid dienone is 2. The first-order valence-electron chi connectivity index (χ1n) is 14.5. The number of nitrogens with zero attached hydrogens (tertiary/aromatic N) is 3. The van der Waals surface area contributed by atoms with Gasteiger partial charge in [-0.1, -0.05) is 72.8 Å². The van der Waals surface area contributed by atoms with Crippen molar-refractivity contribution in [2.75, 3.05) is 4.90 Å². The van der Waals surface area contributed by atoms with Gasteiger partial charge in [-0.05, 0) is 105 Å². The molecule has 0 radical (unpaired) electrons. The van der Waals surface area contributed by atoms with Gasteiger partial charge >= 0.3 is 0 Å². The Bertz CT molecular complexity index is 2000. The van der Waals surface area contributed by atoms with E-state index in [2.05, 4.69) is 142 Å². The maximum absolute atomic E-state index is 4.63. The molecular formula is C39H28N4. The summed E-state index contributed by atoms with van der Waals surface area (Å²) in [6.07, 6.45) is 14.3. The fraction of sp³-hybridized carbons (Fsp3) is 0.0256. The van der Waals surface area contributed by atoms with Crippen molar-refractivity contribution in [3.63, 3.8) is 0 Å². The van der Waals surface area contributed by atoms with Crippen LogP contribution in [0.4, 0.5) is 17.1 Å². The monoisotopic (exact) mass is 552 g/mol. The van der Waals surface area contributed by atoms with Gasteiger partial charge in [0.1, 0.15) is 0 Å². The van der Waals surface area contributed by atoms with Gasteiger partial charge in [-0.15, -0.1) is 0 Å². The maximum Gasteiger partial charge on any atom is 0.0942 e. The fourth-order valence-corrected chi connectivity index (χ4v) is 6.04. The van der Waals surface area contributed by atoms with Crippen molar-refractivity contribution in [2.45, 2.75) is 6.04 Å². The van der Waals surface area contributed by atoms with Gasteiger partial charge < -0.3 is 10.2 Å². The minimum Gasteiger partial charge on any atom is -0.378 e. The number of fused-ring (bicyclic) bond motifs is 4. The molecule has 2 aliphatic rings. The van der Waals surface area contributed by atoms with Crippen LogP contribution >= 0.6 is 0 Å². The predicted octanol–water partition coefficient (Wildman–Crippen LogP) is 9.41. The second-order valence-corrected chi connectivity index (χ2v) is 10.9. The summed E-state index contributed by atoms with van der Waals surface area (Å²) in [4.78, 5) is 11.2. The van der Waals surface area contributed by atoms with E-state index in [4.69, 9.17) is 0 Å². The van der Waals surface area contributed by atoms with E-state index in [0.717, 1.165) is 22.8 Å². The summed E-state index contributed by atoms with van der Waals surface area (Å²) in [5.41, 5.74) is 11.4. The van der Waals surface area contributed by atoms with Crippen LogP contribution in [-0.4, -0.2) is 9.97 Å². The lowest BCUT2D eigenvalue weighted by Crippen LogP contribution is -2.24. The molecule has 0 saturated carbocycles. The Balaban J connectivity index is 1.07. The molecule has 1 aliphatic heterocycles. The number of hydrogen-bond donors (Lipinski definition) is 1. The van der Waals surface area contributed by atoms with Gasteiger partial charge in [0, 0.05) is 30.0 Å². The molecule has 6 aromatic rings. The number of para-hydroxylation sites is 1. The molecule has 0 spiro atoms. The van der Waals surface area contributed by atoms with Gasteiger partial charge in [0.2, 0.25) is 0 Å². The number of rotatable bonds is 5. The maximum atomic E-state index is 4.63. The molecule has 1 atom stereocenters. The summed E-state index contributed by atoms with van der Waals surface area (Å²) in [5.74, 6) is 0. The van der Waals surface area contributed by atoms with Gasteiger partial charge in [-0.2, -0.15) is 0 Å². The van der Waals surface area contributed by atoms with E-state index in [9.17, 15) is 0 Å². The van der Waals surface area contributed by atoms with E-state index < -0.39 is 0 Å². The Morgan fingerprint density at radius 1 is 0.605 bits per heavy atom. The minimum absolute atomic E-state index is 0.100. The smallest absolute Gasteiger partial charge is 0.0942 e. The van der Waals surface area contributed by atoms with Crippen LogP contribution in [-0.2, 0) is 0 Å². The standard InChI is InChI=1S/C39H28N4/c1-2-7-35(8-3-1)43(37-9-5-20-40-26-37)36-18-16-27(17-19-36)29-11-12-31-23-32(14-13-30(31)22-29)34-24-33-15-10-28-6-4-21-41-38(28)39(33)42-25-34/h1-26,39,42H. The van der Waals surface area contributed by atoms with Crippen molar-refractivity contribution in [1.29, 1.82) is 0 Å². The quantitative estimate of drug-likeness (QED) is 0.231. The van der Waals surface area contributed by atoms with Crippen molar-refractivity contribution in [3.05, 3.63) is 175 Å². The van der Waals surface area contributed by atoms with Crippen LogP contribution < -0.4 is 10.2 Å². The number of hydrogen-bond acceptors (Lipinski definition) is 4. The highest BCUT2D eigenvalue weighted by atomic mass is 15.1. The molecule has 0 saturated heterocycles. The number of anilines is 3. The lowest BCUT2D eigenvalue weighted by molar-refractivity contribution is 0.692. The van der Waals surface area contributed by atoms with E-state index in [1.54, 1.807) is 6.20 Å². The molecule has 0 amide bonds. The third kappa shape index (κ3) is 4.69. The number of benzene rings is 4. The first-order chi connectivity index (χ1) is 21.3. The van der Waals surface area contributed by atoms with Crippen LogP contribution in [0.1, 0.15) is 22.9 Å². The molecule has 3 heterocycles. The van der Waals surface area contributed by atoms with E-state index in [0.29, 0.717) is 0 Å². The summed E-state index contributed by atoms with van der Waals surface area (Å²) in [6.45, 7) is 0. The summed E-state index contributed by atoms with van der Waals surface area (Å²) in [7, 11) is 0. The van der Waals surface area contributed by atoms with Crippen LogP contribution in [0.15, 0.2) is 158 Å². The summed E-state index contributed by atoms with van der Waals surface area (Å²) in [5, 5.41) is 6.03. The largest absolute Gasteiger partial charge is 0.378 e. The zero-order chi connectivity index (χ0) is 28.6. The normalized spacial score (nSPS) is 15.1. The Kier molecular flexibility index (Phi) is 6.16. The summed E-state index contributed by atoms with van der Waals surface area (Å²) in [6, 6.07) is 40.8. The van der Waals surface area contributed by atoms with Gasteiger partial charge in [-0.25, -0.2) is 0 Å². The molecule has 8 rings (SSSR count). The van der Waals surface area contributed by atoms with E-state index >= 15 is 0 Å². The van der Waals surface area contributed by atoms with Crippen molar-refractivity contribution in [3.8, 4) is 11.1 Å². The van der Waals surface area contributed by atoms with Crippen LogP contribution in [0.2, 0.25) is 0 Å². The van der Waals surface area contributed by atoms with E-state index in [-0.39, 0.29) is 6.04 Å². The van der Waals surface area contributed by atoms with Crippen molar-refractivity contribution in [1.82, 2.24) is 15.3 Å². The van der Waals surface area contributed by atoms with Crippen molar-refractivity contribution >= 4 is 39.5 Å². The molecule has 0 fully saturated rings. The third-order valence-electron chi connectivity index (χ3n) is 8.21. The SMILES string of the molecule is C1=Cc2cccnc2C2NC=C(c3ccc4cc(-c5ccc(N(c6ccccc6)c6cccnc6)cc5)ccc4c3)C=C12. The average Bonchev–Trinajstić information content (AvgIpc) is 3.09. The molecule has 1 aliphatic carbocycles. The van der Waals surface area contributed by atoms with Gasteiger partial charge in [0.05, 0.1) is 23.6 Å². The molecule has 43 heavy (non-hydrogen) atoms. The van der Waals surface area contributed by atoms with Crippen LogP contribution in [0.3, 0.4) is 0 Å². The zero-order valence-electron chi connectivity index (χ0n) is 23.4. The molecule has 204 valence electrons. The molecule has 2 aromatic heterocycles. The lowest BCUT2D eigenvalue weighted by Gasteiger charge is -2.27. The molecule has 4 heteroatoms. The van der Waals surface area contributed by atoms with Crippen molar-refractivity contribution < 1.29 is 0 Å². The second kappa shape index (κ2) is 10.6. The predicted molar refractivity (Wildman–Crippen MR) is 177 cm³/mol. The first-order valence-corrected chi connectivity index (χ1v) is 14.5. The highest BCUT2D eigenvalue weighted by Crippen LogP contribution is 2.37. The number of nitrogens with one attached hydrogen (secondary N) is 1. The van der Waals surface area contributed by atoms with Crippen LogP contribution in [0.25, 0.3) is 33.5 Å². The molecular weight excluding hydrogens is 524 g/mol. The fourth-order valence-electron chi connectivity index (χ4n) is 6.04. The highest BCUT2D eigenvalue weighted by Gasteiger charge is 2.24. The van der Waals surface area contributed by atoms with E-state index in [1.165, 1.54) is 44.2 Å². The summed E-state index contributed by atoms with van der Waals surface area (Å²) < 4.78 is 0. The Labute approximate surface area is 251 Å². The molecule has 1 unspecified atom stereocenters. The Hall–Kier alpha value is -5.74. The van der Waals surface area contributed by atoms with Gasteiger partial charge in [0.15, 0.2) is 0 Å². The van der Waals surface area contributed by atoms with E-state index in [1.807, 2.05) is 30.6 Å². The number of pyridine rings is 2. The Morgan fingerprint density at radius 3 is 2.14 bits per heavy atom. The first kappa shape index (κ1) is 25.0. The average molecular weight is 553 g/mol. The second-order valence-electron chi connectivity index (χ2n) is 10.9. The highest BCUT2D eigenvalue weighted by molar-refractivity contribution is 5.92. The minimum atomic E-state index is 0.100. The van der Waals surface area contributed by atoms with Crippen LogP contribution in [0.5, 0.6) is 0 Å². The number of dihydropyridines is 1. The Morgan fingerprint density at radius 2 is 1.33 bits per heavy atom. The molecule has 0 bridgehead atoms. The molecule has 1 N–H and O–H groups in total. The summed E-state index contributed by atoms with van der Waals surface area (Å²) >= 11 is 0. The van der Waals surface area contributed by atoms with Crippen LogP contribution in [0, 0.1) is 0 Å². The topological polar surface area (TPSA) is 41.1 Å².